The molecule has 2 aromatic heterocycles. The van der Waals surface area contributed by atoms with Crippen molar-refractivity contribution < 1.29 is 62.9 Å². The lowest BCUT2D eigenvalue weighted by molar-refractivity contribution is -0.143. The van der Waals surface area contributed by atoms with Gasteiger partial charge < -0.3 is 23.5 Å². The highest BCUT2D eigenvalue weighted by molar-refractivity contribution is 5.92. The lowest BCUT2D eigenvalue weighted by Crippen LogP contribution is -2.48. The number of ether oxygens (including phenoxy) is 3. The molecule has 1 aliphatic rings. The Balaban J connectivity index is 2.00. The molecular weight excluding hydrogens is 643 g/mol. The fourth-order valence-corrected chi connectivity index (χ4v) is 5.15. The minimum absolute atomic E-state index is 0.00234. The summed E-state index contributed by atoms with van der Waals surface area (Å²) in [6.07, 6.45) is -15.8. The van der Waals surface area contributed by atoms with E-state index in [0.717, 1.165) is 4.90 Å². The van der Waals surface area contributed by atoms with Crippen molar-refractivity contribution in [1.82, 2.24) is 9.97 Å². The first-order chi connectivity index (χ1) is 21.4. The van der Waals surface area contributed by atoms with Gasteiger partial charge in [-0.05, 0) is 43.5 Å². The minimum Gasteiger partial charge on any atom is -0.481 e. The standard InChI is InChI=1S/C28H27F9N4O5/c1-5-17-10-19(18-11-21(43-3)39-23(44-4)22(18)41(17)25(42)45-6-2)40(24-38-20(13-46-24)28(35,36)37)12-14-7-15(26(29,30)31)9-16(8-14)27(32,33)34/h7-9,11,13,17,19H,5-6,10,12H2,1-4H3. The molecule has 0 saturated carbocycles. The lowest BCUT2D eigenvalue weighted by atomic mass is 9.89. The summed E-state index contributed by atoms with van der Waals surface area (Å²) in [5.41, 5.74) is -5.21. The number of hydrogen-bond acceptors (Lipinski definition) is 8. The minimum atomic E-state index is -5.19. The van der Waals surface area contributed by atoms with Gasteiger partial charge in [-0.15, -0.1) is 0 Å². The first-order valence-electron chi connectivity index (χ1n) is 13.6. The molecule has 0 saturated heterocycles. The zero-order valence-corrected chi connectivity index (χ0v) is 24.6. The van der Waals surface area contributed by atoms with E-state index >= 15 is 0 Å². The van der Waals surface area contributed by atoms with Crippen molar-refractivity contribution in [3.63, 3.8) is 0 Å². The number of carbonyl (C=O) groups is 1. The van der Waals surface area contributed by atoms with Gasteiger partial charge in [0.2, 0.25) is 11.8 Å². The van der Waals surface area contributed by atoms with Gasteiger partial charge in [0.25, 0.3) is 6.01 Å². The van der Waals surface area contributed by atoms with Crippen LogP contribution in [-0.2, 0) is 29.8 Å². The predicted molar refractivity (Wildman–Crippen MR) is 142 cm³/mol. The normalized spacial score (nSPS) is 17.0. The van der Waals surface area contributed by atoms with Gasteiger partial charge in [-0.3, -0.25) is 4.90 Å². The Hall–Kier alpha value is -4.38. The van der Waals surface area contributed by atoms with E-state index in [9.17, 15) is 44.3 Å². The van der Waals surface area contributed by atoms with Crippen LogP contribution in [0.1, 0.15) is 60.7 Å². The number of carbonyl (C=O) groups excluding carboxylic acids is 1. The Labute approximate surface area is 255 Å². The van der Waals surface area contributed by atoms with Crippen LogP contribution in [0.5, 0.6) is 11.8 Å². The Morgan fingerprint density at radius 1 is 0.935 bits per heavy atom. The molecule has 0 fully saturated rings. The highest BCUT2D eigenvalue weighted by Crippen LogP contribution is 2.49. The van der Waals surface area contributed by atoms with Crippen LogP contribution in [0.2, 0.25) is 0 Å². The van der Waals surface area contributed by atoms with Gasteiger partial charge >= 0.3 is 24.6 Å². The number of methoxy groups -OCH3 is 2. The molecule has 0 aliphatic carbocycles. The number of alkyl halides is 9. The number of aromatic nitrogens is 2. The smallest absolute Gasteiger partial charge is 0.436 e. The van der Waals surface area contributed by atoms with Crippen molar-refractivity contribution in [2.24, 2.45) is 0 Å². The summed E-state index contributed by atoms with van der Waals surface area (Å²) in [7, 11) is 2.46. The van der Waals surface area contributed by atoms with E-state index in [-0.39, 0.29) is 54.8 Å². The van der Waals surface area contributed by atoms with Gasteiger partial charge in [0.1, 0.15) is 12.0 Å². The van der Waals surface area contributed by atoms with E-state index in [0.29, 0.717) is 12.1 Å². The monoisotopic (exact) mass is 670 g/mol. The number of rotatable bonds is 8. The summed E-state index contributed by atoms with van der Waals surface area (Å²) < 4.78 is 144. The zero-order valence-electron chi connectivity index (χ0n) is 24.6. The predicted octanol–water partition coefficient (Wildman–Crippen LogP) is 8.04. The molecule has 9 nitrogen and oxygen atoms in total. The summed E-state index contributed by atoms with van der Waals surface area (Å²) in [5, 5.41) is 0. The molecule has 1 aliphatic heterocycles. The molecule has 1 amide bonds. The van der Waals surface area contributed by atoms with Crippen LogP contribution in [0, 0.1) is 0 Å². The van der Waals surface area contributed by atoms with E-state index < -0.39 is 71.6 Å². The van der Waals surface area contributed by atoms with Gasteiger partial charge in [0.15, 0.2) is 5.69 Å². The van der Waals surface area contributed by atoms with Gasteiger partial charge in [-0.25, -0.2) is 4.79 Å². The molecule has 0 radical (unpaired) electrons. The molecule has 46 heavy (non-hydrogen) atoms. The molecule has 2 atom stereocenters. The van der Waals surface area contributed by atoms with Crippen LogP contribution >= 0.6 is 0 Å². The first kappa shape index (κ1) is 34.5. The summed E-state index contributed by atoms with van der Waals surface area (Å²) in [4.78, 5) is 23.1. The van der Waals surface area contributed by atoms with Crippen molar-refractivity contribution in [3.8, 4) is 11.8 Å². The fourth-order valence-electron chi connectivity index (χ4n) is 5.15. The average molecular weight is 671 g/mol. The van der Waals surface area contributed by atoms with E-state index in [2.05, 4.69) is 9.97 Å². The van der Waals surface area contributed by atoms with Crippen molar-refractivity contribution in [2.75, 3.05) is 30.6 Å². The molecular formula is C28H27F9N4O5. The van der Waals surface area contributed by atoms with Crippen molar-refractivity contribution >= 4 is 17.8 Å². The second-order valence-electron chi connectivity index (χ2n) is 10.0. The van der Waals surface area contributed by atoms with Crippen molar-refractivity contribution in [3.05, 3.63) is 58.5 Å². The molecule has 0 spiro atoms. The van der Waals surface area contributed by atoms with Gasteiger partial charge in [-0.1, -0.05) is 6.92 Å². The SMILES string of the molecule is CCOC(=O)N1c2c(cc(OC)nc2OC)C(N(Cc2cc(C(F)(F)F)cc(C(F)(F)F)c2)c2nc(C(F)(F)F)co2)CC1CC. The second kappa shape index (κ2) is 12.8. The lowest BCUT2D eigenvalue weighted by Gasteiger charge is -2.43. The number of halogens is 9. The molecule has 3 heterocycles. The molecule has 0 bridgehead atoms. The largest absolute Gasteiger partial charge is 0.481 e. The van der Waals surface area contributed by atoms with E-state index in [1.165, 1.54) is 25.2 Å². The number of nitrogens with zero attached hydrogens (tertiary/aromatic N) is 4. The highest BCUT2D eigenvalue weighted by Gasteiger charge is 2.44. The Morgan fingerprint density at radius 2 is 1.57 bits per heavy atom. The van der Waals surface area contributed by atoms with Gasteiger partial charge in [0, 0.05) is 24.2 Å². The maximum Gasteiger partial charge on any atom is 0.436 e. The van der Waals surface area contributed by atoms with Crippen LogP contribution in [0.4, 0.5) is 56.0 Å². The van der Waals surface area contributed by atoms with Crippen molar-refractivity contribution in [2.45, 2.75) is 63.8 Å². The van der Waals surface area contributed by atoms with Crippen LogP contribution < -0.4 is 19.3 Å². The number of hydrogen-bond donors (Lipinski definition) is 0. The summed E-state index contributed by atoms with van der Waals surface area (Å²) in [5.74, 6) is -0.256. The number of pyridine rings is 1. The van der Waals surface area contributed by atoms with Crippen LogP contribution in [-0.4, -0.2) is 42.9 Å². The molecule has 1 aromatic carbocycles. The Bertz CT molecular complexity index is 1520. The van der Waals surface area contributed by atoms with Crippen LogP contribution in [0.15, 0.2) is 34.9 Å². The third kappa shape index (κ3) is 7.04. The Morgan fingerprint density at radius 3 is 2.04 bits per heavy atom. The number of fused-ring (bicyclic) bond motifs is 1. The molecule has 4 rings (SSSR count). The van der Waals surface area contributed by atoms with E-state index in [1.54, 1.807) is 13.8 Å². The number of oxazole rings is 1. The van der Waals surface area contributed by atoms with Crippen LogP contribution in [0.25, 0.3) is 0 Å². The molecule has 18 heteroatoms. The third-order valence-corrected chi connectivity index (χ3v) is 7.17. The summed E-state index contributed by atoms with van der Waals surface area (Å²) in [6, 6.07) is -0.557. The fraction of sp³-hybridized carbons (Fsp3) is 0.464. The first-order valence-corrected chi connectivity index (χ1v) is 13.6. The second-order valence-corrected chi connectivity index (χ2v) is 10.0. The molecule has 252 valence electrons. The summed E-state index contributed by atoms with van der Waals surface area (Å²) >= 11 is 0. The molecule has 2 unspecified atom stereocenters. The van der Waals surface area contributed by atoms with Gasteiger partial charge in [0.05, 0.1) is 38.0 Å². The Kier molecular flexibility index (Phi) is 9.59. The molecule has 3 aromatic rings. The quantitative estimate of drug-likeness (QED) is 0.223. The third-order valence-electron chi connectivity index (χ3n) is 7.17. The summed E-state index contributed by atoms with van der Waals surface area (Å²) in [6.45, 7) is 2.37. The van der Waals surface area contributed by atoms with E-state index in [1.807, 2.05) is 0 Å². The van der Waals surface area contributed by atoms with Gasteiger partial charge in [-0.2, -0.15) is 49.5 Å². The highest BCUT2D eigenvalue weighted by atomic mass is 19.4. The topological polar surface area (TPSA) is 90.2 Å². The maximum atomic E-state index is 13.7. The zero-order chi connectivity index (χ0) is 34.2. The number of anilines is 2. The molecule has 0 N–H and O–H groups in total. The average Bonchev–Trinajstić information content (AvgIpc) is 3.48. The number of amides is 1. The maximum absolute atomic E-state index is 13.7. The van der Waals surface area contributed by atoms with Crippen LogP contribution in [0.3, 0.4) is 0 Å². The van der Waals surface area contributed by atoms with E-state index in [4.69, 9.17) is 18.6 Å². The number of benzene rings is 1. The van der Waals surface area contributed by atoms with Crippen molar-refractivity contribution in [1.29, 1.82) is 0 Å².